The van der Waals surface area contributed by atoms with Gasteiger partial charge in [-0.3, -0.25) is 9.59 Å². The Labute approximate surface area is 181 Å². The Kier molecular flexibility index (Phi) is 6.19. The molecule has 0 aromatic carbocycles. The molecule has 2 aliphatic rings. The second-order valence-electron chi connectivity index (χ2n) is 8.01. The lowest BCUT2D eigenvalue weighted by Crippen LogP contribution is -2.42. The zero-order valence-electron chi connectivity index (χ0n) is 17.5. The number of furan rings is 2. The number of carbonyl (C=O) groups is 2. The number of rotatable bonds is 6. The second-order valence-corrected chi connectivity index (χ2v) is 9.91. The summed E-state index contributed by atoms with van der Waals surface area (Å²) < 4.78 is 37.8. The van der Waals surface area contributed by atoms with Crippen LogP contribution in [0.3, 0.4) is 0 Å². The van der Waals surface area contributed by atoms with Gasteiger partial charge in [0.2, 0.25) is 15.9 Å². The maximum Gasteiger partial charge on any atom is 0.289 e. The zero-order chi connectivity index (χ0) is 22.0. The van der Waals surface area contributed by atoms with E-state index in [0.29, 0.717) is 51.3 Å². The van der Waals surface area contributed by atoms with Crippen molar-refractivity contribution in [3.05, 3.63) is 41.7 Å². The predicted molar refractivity (Wildman–Crippen MR) is 111 cm³/mol. The van der Waals surface area contributed by atoms with Crippen LogP contribution in [0.2, 0.25) is 0 Å². The van der Waals surface area contributed by atoms with Gasteiger partial charge in [0.15, 0.2) is 5.76 Å². The minimum absolute atomic E-state index is 0.0241. The molecule has 2 fully saturated rings. The molecule has 0 spiro atoms. The number of sulfonamides is 1. The molecule has 1 N–H and O–H groups in total. The van der Waals surface area contributed by atoms with E-state index in [0.717, 1.165) is 12.8 Å². The fourth-order valence-electron chi connectivity index (χ4n) is 4.13. The molecular weight excluding hydrogens is 422 g/mol. The highest BCUT2D eigenvalue weighted by Crippen LogP contribution is 2.28. The van der Waals surface area contributed by atoms with Gasteiger partial charge < -0.3 is 19.1 Å². The van der Waals surface area contributed by atoms with Crippen LogP contribution < -0.4 is 5.32 Å². The number of carbonyl (C=O) groups excluding carboxylic acids is 2. The van der Waals surface area contributed by atoms with Crippen molar-refractivity contribution in [2.45, 2.75) is 44.0 Å². The molecule has 2 amide bonds. The molecule has 9 nitrogen and oxygen atoms in total. The van der Waals surface area contributed by atoms with Gasteiger partial charge in [-0.1, -0.05) is 0 Å². The molecular formula is C21H27N3O6S. The molecule has 168 valence electrons. The van der Waals surface area contributed by atoms with Crippen molar-refractivity contribution >= 4 is 21.8 Å². The van der Waals surface area contributed by atoms with Gasteiger partial charge in [-0.25, -0.2) is 8.42 Å². The van der Waals surface area contributed by atoms with Crippen LogP contribution >= 0.6 is 0 Å². The number of nitrogens with one attached hydrogen (secondary N) is 1. The van der Waals surface area contributed by atoms with E-state index in [-0.39, 0.29) is 34.1 Å². The standard InChI is InChI=1S/C21H27N3O6S/c1-15-19(31(27,28)24-8-2-3-9-24)13-18(30-15)21(26)23-10-6-16(7-11-23)20(25)22-14-17-5-4-12-29-17/h4-5,12-13,16H,2-3,6-11,14H2,1H3,(H,22,25). The van der Waals surface area contributed by atoms with E-state index in [1.807, 2.05) is 0 Å². The molecule has 4 rings (SSSR count). The van der Waals surface area contributed by atoms with Gasteiger partial charge in [0, 0.05) is 38.2 Å². The van der Waals surface area contributed by atoms with E-state index in [9.17, 15) is 18.0 Å². The Morgan fingerprint density at radius 1 is 1.16 bits per heavy atom. The lowest BCUT2D eigenvalue weighted by atomic mass is 9.95. The first kappa shape index (κ1) is 21.6. The van der Waals surface area contributed by atoms with Gasteiger partial charge in [-0.15, -0.1) is 0 Å². The maximum atomic E-state index is 12.9. The number of hydrogen-bond acceptors (Lipinski definition) is 6. The summed E-state index contributed by atoms with van der Waals surface area (Å²) in [5.74, 6) is 0.354. The van der Waals surface area contributed by atoms with E-state index in [1.165, 1.54) is 10.4 Å². The quantitative estimate of drug-likeness (QED) is 0.723. The van der Waals surface area contributed by atoms with Crippen molar-refractivity contribution in [2.75, 3.05) is 26.2 Å². The van der Waals surface area contributed by atoms with Crippen molar-refractivity contribution in [2.24, 2.45) is 5.92 Å². The van der Waals surface area contributed by atoms with Crippen molar-refractivity contribution in [1.82, 2.24) is 14.5 Å². The number of likely N-dealkylation sites (tertiary alicyclic amines) is 1. The SMILES string of the molecule is Cc1oc(C(=O)N2CCC(C(=O)NCc3ccco3)CC2)cc1S(=O)(=O)N1CCCC1. The lowest BCUT2D eigenvalue weighted by molar-refractivity contribution is -0.126. The summed E-state index contributed by atoms with van der Waals surface area (Å²) in [7, 11) is -3.65. The summed E-state index contributed by atoms with van der Waals surface area (Å²) in [6.45, 7) is 3.70. The van der Waals surface area contributed by atoms with Crippen molar-refractivity contribution in [1.29, 1.82) is 0 Å². The molecule has 2 aromatic heterocycles. The Morgan fingerprint density at radius 3 is 2.52 bits per heavy atom. The van der Waals surface area contributed by atoms with E-state index in [4.69, 9.17) is 8.83 Å². The topological polar surface area (TPSA) is 113 Å². The van der Waals surface area contributed by atoms with E-state index in [1.54, 1.807) is 30.2 Å². The fourth-order valence-corrected chi connectivity index (χ4v) is 5.80. The Balaban J connectivity index is 1.35. The van der Waals surface area contributed by atoms with E-state index in [2.05, 4.69) is 5.32 Å². The first-order chi connectivity index (χ1) is 14.9. The number of hydrogen-bond donors (Lipinski definition) is 1. The minimum Gasteiger partial charge on any atom is -0.467 e. The van der Waals surface area contributed by atoms with Crippen LogP contribution in [0.15, 0.2) is 38.2 Å². The summed E-state index contributed by atoms with van der Waals surface area (Å²) in [6, 6.07) is 4.91. The third-order valence-electron chi connectivity index (χ3n) is 5.94. The van der Waals surface area contributed by atoms with Crippen molar-refractivity contribution in [3.8, 4) is 0 Å². The molecule has 10 heteroatoms. The van der Waals surface area contributed by atoms with Crippen LogP contribution in [0.4, 0.5) is 0 Å². The van der Waals surface area contributed by atoms with Crippen LogP contribution in [-0.2, 0) is 21.4 Å². The number of aryl methyl sites for hydroxylation is 1. The summed E-state index contributed by atoms with van der Waals surface area (Å²) in [5, 5.41) is 2.86. The molecule has 0 atom stereocenters. The van der Waals surface area contributed by atoms with Crippen molar-refractivity contribution < 1.29 is 26.8 Å². The molecule has 4 heterocycles. The van der Waals surface area contributed by atoms with Crippen LogP contribution in [0, 0.1) is 12.8 Å². The van der Waals surface area contributed by atoms with Gasteiger partial charge in [0.05, 0.1) is 12.8 Å². The molecule has 0 unspecified atom stereocenters. The van der Waals surface area contributed by atoms with Crippen LogP contribution in [0.25, 0.3) is 0 Å². The van der Waals surface area contributed by atoms with Gasteiger partial charge in [-0.2, -0.15) is 4.31 Å². The average molecular weight is 450 g/mol. The Hall–Kier alpha value is -2.59. The second kappa shape index (κ2) is 8.88. The zero-order valence-corrected chi connectivity index (χ0v) is 18.3. The molecule has 2 aliphatic heterocycles. The molecule has 0 radical (unpaired) electrons. The largest absolute Gasteiger partial charge is 0.467 e. The lowest BCUT2D eigenvalue weighted by Gasteiger charge is -2.30. The minimum atomic E-state index is -3.65. The Bertz CT molecular complexity index is 1030. The number of piperidine rings is 1. The smallest absolute Gasteiger partial charge is 0.289 e. The van der Waals surface area contributed by atoms with Crippen LogP contribution in [-0.4, -0.2) is 55.6 Å². The molecule has 0 bridgehead atoms. The Morgan fingerprint density at radius 2 is 1.87 bits per heavy atom. The maximum absolute atomic E-state index is 12.9. The summed E-state index contributed by atoms with van der Waals surface area (Å²) >= 11 is 0. The summed E-state index contributed by atoms with van der Waals surface area (Å²) in [6.07, 6.45) is 4.31. The predicted octanol–water partition coefficient (Wildman–Crippen LogP) is 2.13. The highest BCUT2D eigenvalue weighted by molar-refractivity contribution is 7.89. The van der Waals surface area contributed by atoms with Gasteiger partial charge in [0.1, 0.15) is 16.4 Å². The van der Waals surface area contributed by atoms with E-state index >= 15 is 0 Å². The summed E-state index contributed by atoms with van der Waals surface area (Å²) in [4.78, 5) is 26.9. The molecule has 2 aromatic rings. The van der Waals surface area contributed by atoms with Gasteiger partial charge in [-0.05, 0) is 44.7 Å². The van der Waals surface area contributed by atoms with Gasteiger partial charge in [0.25, 0.3) is 5.91 Å². The molecule has 0 aliphatic carbocycles. The number of nitrogens with zero attached hydrogens (tertiary/aromatic N) is 2. The number of amides is 2. The fraction of sp³-hybridized carbons (Fsp3) is 0.524. The van der Waals surface area contributed by atoms with E-state index < -0.39 is 10.0 Å². The third kappa shape index (κ3) is 4.54. The molecule has 31 heavy (non-hydrogen) atoms. The first-order valence-electron chi connectivity index (χ1n) is 10.6. The average Bonchev–Trinajstić information content (AvgIpc) is 3.53. The molecule has 0 saturated carbocycles. The van der Waals surface area contributed by atoms with Crippen LogP contribution in [0.1, 0.15) is 47.8 Å². The first-order valence-corrected chi connectivity index (χ1v) is 12.0. The monoisotopic (exact) mass is 449 g/mol. The third-order valence-corrected chi connectivity index (χ3v) is 7.94. The van der Waals surface area contributed by atoms with Crippen molar-refractivity contribution in [3.63, 3.8) is 0 Å². The summed E-state index contributed by atoms with van der Waals surface area (Å²) in [5.41, 5.74) is 0. The van der Waals surface area contributed by atoms with Gasteiger partial charge >= 0.3 is 0 Å². The highest BCUT2D eigenvalue weighted by Gasteiger charge is 2.34. The molecule has 2 saturated heterocycles. The normalized spacial score (nSPS) is 18.4. The van der Waals surface area contributed by atoms with Crippen LogP contribution in [0.5, 0.6) is 0 Å². The highest BCUT2D eigenvalue weighted by atomic mass is 32.2.